The lowest BCUT2D eigenvalue weighted by atomic mass is 9.90. The summed E-state index contributed by atoms with van der Waals surface area (Å²) in [4.78, 5) is 8.71. The van der Waals surface area contributed by atoms with Crippen LogP contribution in [0, 0.1) is 6.92 Å². The van der Waals surface area contributed by atoms with Gasteiger partial charge in [0.15, 0.2) is 0 Å². The van der Waals surface area contributed by atoms with Crippen LogP contribution in [0.3, 0.4) is 0 Å². The number of hydrogen-bond donors (Lipinski definition) is 2. The highest BCUT2D eigenvalue weighted by Crippen LogP contribution is 2.50. The maximum absolute atomic E-state index is 13.2. The number of aromatic nitrogens is 1. The van der Waals surface area contributed by atoms with Crippen molar-refractivity contribution >= 4 is 0 Å². The molecule has 1 unspecified atom stereocenters. The summed E-state index contributed by atoms with van der Waals surface area (Å²) in [5.74, 6) is 0. The van der Waals surface area contributed by atoms with Gasteiger partial charge in [0, 0.05) is 56.7 Å². The number of rotatable bonds is 10. The van der Waals surface area contributed by atoms with Crippen molar-refractivity contribution < 1.29 is 41.3 Å². The average molecular weight is 598 g/mol. The van der Waals surface area contributed by atoms with Gasteiger partial charge in [-0.3, -0.25) is 14.8 Å². The third kappa shape index (κ3) is 7.12. The summed E-state index contributed by atoms with van der Waals surface area (Å²) in [5.41, 5.74) is -2.23. The molecule has 2 heterocycles. The average Bonchev–Trinajstić information content (AvgIpc) is 2.93. The van der Waals surface area contributed by atoms with Crippen LogP contribution in [-0.2, 0) is 23.4 Å². The summed E-state index contributed by atoms with van der Waals surface area (Å²) in [6, 6.07) is 13.3. The number of aliphatic hydroxyl groups excluding tert-OH is 1. The van der Waals surface area contributed by atoms with Crippen LogP contribution < -0.4 is 0 Å². The van der Waals surface area contributed by atoms with E-state index in [0.717, 1.165) is 55.0 Å². The molecule has 42 heavy (non-hydrogen) atoms. The first-order valence-electron chi connectivity index (χ1n) is 13.4. The number of hydrogen-bond acceptors (Lipinski definition) is 6. The third-order valence-electron chi connectivity index (χ3n) is 7.50. The Labute approximate surface area is 240 Å². The van der Waals surface area contributed by atoms with Crippen LogP contribution in [0.15, 0.2) is 67.0 Å². The first kappa shape index (κ1) is 31.9. The van der Waals surface area contributed by atoms with Gasteiger partial charge in [-0.1, -0.05) is 42.5 Å². The Kier molecular flexibility index (Phi) is 9.94. The van der Waals surface area contributed by atoms with Gasteiger partial charge in [-0.2, -0.15) is 26.3 Å². The highest BCUT2D eigenvalue weighted by molar-refractivity contribution is 5.68. The Balaban J connectivity index is 1.48. The van der Waals surface area contributed by atoms with E-state index in [4.69, 9.17) is 9.84 Å². The number of nitrogens with zero attached hydrogens (tertiary/aromatic N) is 3. The fourth-order valence-electron chi connectivity index (χ4n) is 5.26. The number of alkyl halides is 6. The number of aliphatic hydroxyl groups is 2. The standard InChI is InChI=1S/C30H33F6N3O3/c1-21-16-23(2-7-27(21)24-3-5-25(6-4-24)28(41,29(31,32)33)30(34,35)36)18-39-13-12-38(17-22-8-10-37-11-9-22)19-26(39)20-42-15-14-40/h2-11,16,26,40-41H,12-15,17-20H2,1H3. The quantitative estimate of drug-likeness (QED) is 0.252. The Morgan fingerprint density at radius 2 is 1.55 bits per heavy atom. The summed E-state index contributed by atoms with van der Waals surface area (Å²) < 4.78 is 85.2. The first-order valence-corrected chi connectivity index (χ1v) is 13.4. The largest absolute Gasteiger partial charge is 0.430 e. The molecular formula is C30H33F6N3O3. The second-order valence-electron chi connectivity index (χ2n) is 10.4. The molecular weight excluding hydrogens is 564 g/mol. The van der Waals surface area contributed by atoms with Crippen molar-refractivity contribution in [2.75, 3.05) is 39.5 Å². The van der Waals surface area contributed by atoms with Gasteiger partial charge in [0.2, 0.25) is 0 Å². The SMILES string of the molecule is Cc1cc(CN2CCN(Cc3ccncc3)CC2COCCO)ccc1-c1ccc(C(O)(C(F)(F)F)C(F)(F)F)cc1. The molecule has 0 bridgehead atoms. The molecule has 6 nitrogen and oxygen atoms in total. The normalized spacial score (nSPS) is 17.5. The van der Waals surface area contributed by atoms with Crippen molar-refractivity contribution in [2.45, 2.75) is 44.0 Å². The van der Waals surface area contributed by atoms with E-state index in [-0.39, 0.29) is 19.3 Å². The molecule has 0 amide bonds. The molecule has 12 heteroatoms. The van der Waals surface area contributed by atoms with Crippen molar-refractivity contribution in [1.82, 2.24) is 14.8 Å². The van der Waals surface area contributed by atoms with Gasteiger partial charge >= 0.3 is 12.4 Å². The topological polar surface area (TPSA) is 69.1 Å². The molecule has 1 aromatic heterocycles. The van der Waals surface area contributed by atoms with Crippen molar-refractivity contribution in [3.05, 3.63) is 89.2 Å². The lowest BCUT2D eigenvalue weighted by molar-refractivity contribution is -0.376. The number of benzene rings is 2. The van der Waals surface area contributed by atoms with Crippen LogP contribution in [0.5, 0.6) is 0 Å². The highest BCUT2D eigenvalue weighted by atomic mass is 19.4. The van der Waals surface area contributed by atoms with E-state index < -0.39 is 23.5 Å². The molecule has 2 N–H and O–H groups in total. The van der Waals surface area contributed by atoms with Crippen LogP contribution in [0.1, 0.15) is 22.3 Å². The molecule has 3 aromatic rings. The Morgan fingerprint density at radius 1 is 0.881 bits per heavy atom. The number of ether oxygens (including phenoxy) is 1. The lowest BCUT2D eigenvalue weighted by Crippen LogP contribution is -2.54. The van der Waals surface area contributed by atoms with E-state index in [1.54, 1.807) is 18.5 Å². The third-order valence-corrected chi connectivity index (χ3v) is 7.50. The van der Waals surface area contributed by atoms with Crippen molar-refractivity contribution in [1.29, 1.82) is 0 Å². The lowest BCUT2D eigenvalue weighted by Gasteiger charge is -2.41. The Morgan fingerprint density at radius 3 is 2.14 bits per heavy atom. The van der Waals surface area contributed by atoms with Crippen LogP contribution in [0.2, 0.25) is 0 Å². The number of halogens is 6. The first-order chi connectivity index (χ1) is 19.8. The minimum absolute atomic E-state index is 0.0687. The molecule has 0 saturated carbocycles. The van der Waals surface area contributed by atoms with E-state index in [9.17, 15) is 31.4 Å². The molecule has 4 rings (SSSR count). The minimum Gasteiger partial charge on any atom is -0.394 e. The van der Waals surface area contributed by atoms with E-state index in [2.05, 4.69) is 14.8 Å². The summed E-state index contributed by atoms with van der Waals surface area (Å²) >= 11 is 0. The predicted octanol–water partition coefficient (Wildman–Crippen LogP) is 5.06. The fourth-order valence-corrected chi connectivity index (χ4v) is 5.26. The zero-order chi connectivity index (χ0) is 30.5. The van der Waals surface area contributed by atoms with E-state index in [1.165, 1.54) is 0 Å². The zero-order valence-electron chi connectivity index (χ0n) is 23.0. The summed E-state index contributed by atoms with van der Waals surface area (Å²) in [7, 11) is 0. The van der Waals surface area contributed by atoms with Crippen LogP contribution in [-0.4, -0.2) is 82.8 Å². The smallest absolute Gasteiger partial charge is 0.394 e. The molecule has 1 saturated heterocycles. The highest BCUT2D eigenvalue weighted by Gasteiger charge is 2.71. The van der Waals surface area contributed by atoms with E-state index >= 15 is 0 Å². The molecule has 2 aromatic carbocycles. The van der Waals surface area contributed by atoms with Gasteiger partial charge in [0.25, 0.3) is 5.60 Å². The minimum atomic E-state index is -5.93. The molecule has 0 aliphatic carbocycles. The van der Waals surface area contributed by atoms with Crippen molar-refractivity contribution in [3.63, 3.8) is 0 Å². The van der Waals surface area contributed by atoms with Gasteiger partial charge in [0.1, 0.15) is 0 Å². The maximum Gasteiger partial charge on any atom is 0.430 e. The monoisotopic (exact) mass is 597 g/mol. The zero-order valence-corrected chi connectivity index (χ0v) is 23.0. The maximum atomic E-state index is 13.2. The van der Waals surface area contributed by atoms with E-state index in [1.807, 2.05) is 31.2 Å². The van der Waals surface area contributed by atoms with Crippen molar-refractivity contribution in [3.8, 4) is 11.1 Å². The van der Waals surface area contributed by atoms with Gasteiger partial charge in [-0.05, 0) is 46.9 Å². The molecule has 1 atom stereocenters. The van der Waals surface area contributed by atoms with Gasteiger partial charge in [-0.25, -0.2) is 0 Å². The second-order valence-corrected chi connectivity index (χ2v) is 10.4. The Hall–Kier alpha value is -3.03. The van der Waals surface area contributed by atoms with Crippen LogP contribution >= 0.6 is 0 Å². The predicted molar refractivity (Wildman–Crippen MR) is 144 cm³/mol. The fraction of sp³-hybridized carbons (Fsp3) is 0.433. The van der Waals surface area contributed by atoms with Gasteiger partial charge in [-0.15, -0.1) is 0 Å². The summed E-state index contributed by atoms with van der Waals surface area (Å²) in [6.07, 6.45) is -8.34. The second kappa shape index (κ2) is 13.1. The van der Waals surface area contributed by atoms with Crippen LogP contribution in [0.4, 0.5) is 26.3 Å². The molecule has 1 aliphatic rings. The molecule has 0 radical (unpaired) electrons. The number of piperazine rings is 1. The van der Waals surface area contributed by atoms with Gasteiger partial charge < -0.3 is 14.9 Å². The molecule has 1 aliphatic heterocycles. The van der Waals surface area contributed by atoms with Crippen molar-refractivity contribution in [2.24, 2.45) is 0 Å². The van der Waals surface area contributed by atoms with Gasteiger partial charge in [0.05, 0.1) is 19.8 Å². The van der Waals surface area contributed by atoms with E-state index in [0.29, 0.717) is 36.4 Å². The number of aryl methyl sites for hydroxylation is 1. The molecule has 228 valence electrons. The summed E-state index contributed by atoms with van der Waals surface area (Å²) in [5, 5.41) is 18.8. The number of pyridine rings is 1. The molecule has 0 spiro atoms. The molecule has 1 fully saturated rings. The van der Waals surface area contributed by atoms with Crippen LogP contribution in [0.25, 0.3) is 11.1 Å². The summed E-state index contributed by atoms with van der Waals surface area (Å²) in [6.45, 7) is 6.21. The Bertz CT molecular complexity index is 1290.